The Kier molecular flexibility index (Phi) is 4.95. The third-order valence-corrected chi connectivity index (χ3v) is 4.22. The van der Waals surface area contributed by atoms with Crippen LogP contribution in [0.1, 0.15) is 17.4 Å². The van der Waals surface area contributed by atoms with Gasteiger partial charge in [-0.05, 0) is 31.2 Å². The quantitative estimate of drug-likeness (QED) is 0.863. The fourth-order valence-electron chi connectivity index (χ4n) is 2.33. The summed E-state index contributed by atoms with van der Waals surface area (Å²) in [4.78, 5) is 29.6. The number of rotatable bonds is 5. The monoisotopic (exact) mass is 346 g/mol. The van der Waals surface area contributed by atoms with Crippen molar-refractivity contribution in [3.8, 4) is 5.75 Å². The van der Waals surface area contributed by atoms with Crippen molar-refractivity contribution >= 4 is 34.0 Å². The number of ether oxygens (including phenoxy) is 1. The van der Waals surface area contributed by atoms with E-state index in [1.54, 1.807) is 5.38 Å². The molecule has 0 atom stereocenters. The molecule has 0 aliphatic carbocycles. The van der Waals surface area contributed by atoms with Crippen molar-refractivity contribution in [3.63, 3.8) is 0 Å². The van der Waals surface area contributed by atoms with Gasteiger partial charge in [0.15, 0.2) is 5.13 Å². The summed E-state index contributed by atoms with van der Waals surface area (Å²) >= 11 is 1.35. The summed E-state index contributed by atoms with van der Waals surface area (Å²) in [5.41, 5.74) is 1.22. The molecule has 8 heteroatoms. The Balaban J connectivity index is 1.64. The molecular formula is C16H18N4O3S. The summed E-state index contributed by atoms with van der Waals surface area (Å²) in [5.74, 6) is 0.444. The van der Waals surface area contributed by atoms with E-state index in [2.05, 4.69) is 15.6 Å². The molecule has 0 radical (unpaired) electrons. The summed E-state index contributed by atoms with van der Waals surface area (Å²) in [6.07, 6.45) is 0. The number of amides is 2. The number of nitrogens with one attached hydrogen (secondary N) is 2. The Morgan fingerprint density at radius 2 is 2.21 bits per heavy atom. The van der Waals surface area contributed by atoms with Gasteiger partial charge in [0.05, 0.1) is 13.2 Å². The van der Waals surface area contributed by atoms with E-state index in [1.807, 2.05) is 31.2 Å². The molecule has 1 saturated heterocycles. The van der Waals surface area contributed by atoms with E-state index >= 15 is 0 Å². The first-order valence-electron chi connectivity index (χ1n) is 7.67. The van der Waals surface area contributed by atoms with Gasteiger partial charge in [-0.2, -0.15) is 0 Å². The third kappa shape index (κ3) is 3.83. The topological polar surface area (TPSA) is 83.6 Å². The van der Waals surface area contributed by atoms with Gasteiger partial charge in [-0.25, -0.2) is 4.98 Å². The molecule has 1 aromatic heterocycles. The summed E-state index contributed by atoms with van der Waals surface area (Å²) < 4.78 is 5.40. The predicted molar refractivity (Wildman–Crippen MR) is 91.9 cm³/mol. The molecular weight excluding hydrogens is 328 g/mol. The van der Waals surface area contributed by atoms with Crippen molar-refractivity contribution in [2.75, 3.05) is 31.6 Å². The summed E-state index contributed by atoms with van der Waals surface area (Å²) in [6.45, 7) is 3.62. The number of anilines is 2. The van der Waals surface area contributed by atoms with Crippen LogP contribution >= 0.6 is 11.3 Å². The first-order valence-corrected chi connectivity index (χ1v) is 8.55. The van der Waals surface area contributed by atoms with Gasteiger partial charge in [0.2, 0.25) is 5.91 Å². The van der Waals surface area contributed by atoms with Gasteiger partial charge >= 0.3 is 0 Å². The van der Waals surface area contributed by atoms with E-state index in [9.17, 15) is 9.59 Å². The summed E-state index contributed by atoms with van der Waals surface area (Å²) in [5, 5.41) is 8.19. The van der Waals surface area contributed by atoms with E-state index in [-0.39, 0.29) is 18.4 Å². The van der Waals surface area contributed by atoms with E-state index in [1.165, 1.54) is 16.2 Å². The Morgan fingerprint density at radius 1 is 1.42 bits per heavy atom. The highest BCUT2D eigenvalue weighted by Crippen LogP contribution is 2.23. The minimum Gasteiger partial charge on any atom is -0.494 e. The maximum atomic E-state index is 12.4. The van der Waals surface area contributed by atoms with Crippen LogP contribution in [-0.2, 0) is 4.79 Å². The highest BCUT2D eigenvalue weighted by Gasteiger charge is 2.24. The highest BCUT2D eigenvalue weighted by atomic mass is 32.1. The smallest absolute Gasteiger partial charge is 0.273 e. The van der Waals surface area contributed by atoms with Gasteiger partial charge in [-0.1, -0.05) is 0 Å². The maximum Gasteiger partial charge on any atom is 0.273 e. The van der Waals surface area contributed by atoms with Crippen LogP contribution in [0.15, 0.2) is 29.6 Å². The molecule has 1 fully saturated rings. The Labute approximate surface area is 143 Å². The lowest BCUT2D eigenvalue weighted by molar-refractivity contribution is -0.123. The van der Waals surface area contributed by atoms with E-state index < -0.39 is 0 Å². The molecule has 126 valence electrons. The predicted octanol–water partition coefficient (Wildman–Crippen LogP) is 1.86. The van der Waals surface area contributed by atoms with Crippen molar-refractivity contribution in [1.82, 2.24) is 15.2 Å². The molecule has 7 nitrogen and oxygen atoms in total. The van der Waals surface area contributed by atoms with Crippen molar-refractivity contribution in [2.45, 2.75) is 6.92 Å². The van der Waals surface area contributed by atoms with Crippen molar-refractivity contribution in [1.29, 1.82) is 0 Å². The van der Waals surface area contributed by atoms with Crippen LogP contribution in [0.4, 0.5) is 10.8 Å². The second-order valence-electron chi connectivity index (χ2n) is 5.20. The number of carbonyl (C=O) groups excluding carboxylic acids is 2. The first kappa shape index (κ1) is 16.3. The zero-order chi connectivity index (χ0) is 16.9. The molecule has 0 spiro atoms. The molecule has 0 bridgehead atoms. The number of hydrogen-bond acceptors (Lipinski definition) is 6. The van der Waals surface area contributed by atoms with E-state index in [0.29, 0.717) is 30.5 Å². The molecule has 2 N–H and O–H groups in total. The lowest BCUT2D eigenvalue weighted by atomic mass is 10.3. The van der Waals surface area contributed by atoms with Gasteiger partial charge < -0.3 is 20.3 Å². The highest BCUT2D eigenvalue weighted by molar-refractivity contribution is 7.14. The van der Waals surface area contributed by atoms with Crippen LogP contribution in [0.5, 0.6) is 5.75 Å². The standard InChI is InChI=1S/C16H18N4O3S/c1-2-23-12-5-3-11(4-6-12)18-16-19-13(10-24-16)15(22)20-8-7-17-14(21)9-20/h3-6,10H,2,7-9H2,1H3,(H,17,21)(H,18,19). The minimum atomic E-state index is -0.221. The Hall–Kier alpha value is -2.61. The van der Waals surface area contributed by atoms with E-state index in [0.717, 1.165) is 11.4 Å². The van der Waals surface area contributed by atoms with Crippen LogP contribution in [-0.4, -0.2) is 47.9 Å². The van der Waals surface area contributed by atoms with Crippen LogP contribution < -0.4 is 15.4 Å². The maximum absolute atomic E-state index is 12.4. The SMILES string of the molecule is CCOc1ccc(Nc2nc(C(=O)N3CCNC(=O)C3)cs2)cc1. The molecule has 1 aromatic carbocycles. The molecule has 0 saturated carbocycles. The molecule has 2 heterocycles. The average Bonchev–Trinajstić information content (AvgIpc) is 3.05. The molecule has 24 heavy (non-hydrogen) atoms. The van der Waals surface area contributed by atoms with E-state index in [4.69, 9.17) is 4.74 Å². The number of piperazine rings is 1. The van der Waals surface area contributed by atoms with Crippen molar-refractivity contribution in [3.05, 3.63) is 35.3 Å². The average molecular weight is 346 g/mol. The first-order chi connectivity index (χ1) is 11.7. The third-order valence-electron chi connectivity index (χ3n) is 3.47. The lowest BCUT2D eigenvalue weighted by Gasteiger charge is -2.25. The molecule has 2 aromatic rings. The van der Waals surface area contributed by atoms with Crippen LogP contribution in [0.25, 0.3) is 0 Å². The molecule has 1 aliphatic heterocycles. The molecule has 3 rings (SSSR count). The second-order valence-corrected chi connectivity index (χ2v) is 6.06. The largest absolute Gasteiger partial charge is 0.494 e. The Bertz CT molecular complexity index is 729. The summed E-state index contributed by atoms with van der Waals surface area (Å²) in [6, 6.07) is 7.53. The lowest BCUT2D eigenvalue weighted by Crippen LogP contribution is -2.50. The number of carbonyl (C=O) groups is 2. The zero-order valence-electron chi connectivity index (χ0n) is 13.2. The molecule has 1 aliphatic rings. The van der Waals surface area contributed by atoms with Gasteiger partial charge in [-0.3, -0.25) is 9.59 Å². The van der Waals surface area contributed by atoms with Crippen LogP contribution in [0, 0.1) is 0 Å². The fraction of sp³-hybridized carbons (Fsp3) is 0.312. The molecule has 0 unspecified atom stereocenters. The van der Waals surface area contributed by atoms with Crippen LogP contribution in [0.3, 0.4) is 0 Å². The second kappa shape index (κ2) is 7.31. The van der Waals surface area contributed by atoms with Crippen molar-refractivity contribution in [2.24, 2.45) is 0 Å². The summed E-state index contributed by atoms with van der Waals surface area (Å²) in [7, 11) is 0. The number of thiazole rings is 1. The zero-order valence-corrected chi connectivity index (χ0v) is 14.1. The molecule has 2 amide bonds. The van der Waals surface area contributed by atoms with Crippen molar-refractivity contribution < 1.29 is 14.3 Å². The fourth-order valence-corrected chi connectivity index (χ4v) is 3.03. The minimum absolute atomic E-state index is 0.0814. The van der Waals surface area contributed by atoms with Crippen LogP contribution in [0.2, 0.25) is 0 Å². The van der Waals surface area contributed by atoms with Gasteiger partial charge in [0.25, 0.3) is 5.91 Å². The Morgan fingerprint density at radius 3 is 2.92 bits per heavy atom. The number of nitrogens with zero attached hydrogens (tertiary/aromatic N) is 2. The number of benzene rings is 1. The van der Waals surface area contributed by atoms with Gasteiger partial charge in [0, 0.05) is 24.2 Å². The number of aromatic nitrogens is 1. The normalized spacial score (nSPS) is 14.2. The van der Waals surface area contributed by atoms with Gasteiger partial charge in [-0.15, -0.1) is 11.3 Å². The number of hydrogen-bond donors (Lipinski definition) is 2. The van der Waals surface area contributed by atoms with Gasteiger partial charge in [0.1, 0.15) is 11.4 Å².